The number of Topliss-reactive ketones (excluding diaryl/α,β-unsaturated/α-hetero) is 1. The molecule has 1 fully saturated rings. The van der Waals surface area contributed by atoms with Crippen molar-refractivity contribution in [1.29, 1.82) is 0 Å². The zero-order chi connectivity index (χ0) is 24.3. The zero-order valence-electron chi connectivity index (χ0n) is 19.2. The minimum atomic E-state index is -0.386. The summed E-state index contributed by atoms with van der Waals surface area (Å²) in [5.74, 6) is -0.755. The first kappa shape index (κ1) is 25.3. The van der Waals surface area contributed by atoms with Gasteiger partial charge in [-0.2, -0.15) is 0 Å². The summed E-state index contributed by atoms with van der Waals surface area (Å²) in [5.41, 5.74) is 4.48. The third-order valence-electron chi connectivity index (χ3n) is 5.74. The van der Waals surface area contributed by atoms with E-state index in [0.29, 0.717) is 30.4 Å². The highest BCUT2D eigenvalue weighted by atomic mass is 19.1. The van der Waals surface area contributed by atoms with Crippen molar-refractivity contribution in [2.24, 2.45) is 0 Å². The molecule has 1 aliphatic rings. The fraction of sp³-hybridized carbons (Fsp3) is 0.370. The molecule has 1 aliphatic carbocycles. The topological polar surface area (TPSA) is 95.5 Å². The Balaban J connectivity index is 1.54. The second kappa shape index (κ2) is 12.8. The van der Waals surface area contributed by atoms with Crippen LogP contribution in [0.3, 0.4) is 0 Å². The second-order valence-corrected chi connectivity index (χ2v) is 8.72. The van der Waals surface area contributed by atoms with Gasteiger partial charge in [-0.1, -0.05) is 49.2 Å². The van der Waals surface area contributed by atoms with E-state index in [0.717, 1.165) is 43.2 Å². The molecule has 2 aromatic carbocycles. The predicted molar refractivity (Wildman–Crippen MR) is 128 cm³/mol. The van der Waals surface area contributed by atoms with Gasteiger partial charge >= 0.3 is 0 Å². The van der Waals surface area contributed by atoms with Crippen LogP contribution in [0, 0.1) is 5.82 Å². The van der Waals surface area contributed by atoms with Crippen molar-refractivity contribution in [2.45, 2.75) is 63.8 Å². The van der Waals surface area contributed by atoms with E-state index in [1.54, 1.807) is 23.7 Å². The SMILES string of the molecule is O=C(CCCCCCC(=O)NO)Cc1ccc(/C=C(/C(=O)NC2CC2)c2ccc(F)cc2)cc1. The van der Waals surface area contributed by atoms with Gasteiger partial charge in [0, 0.05) is 30.9 Å². The van der Waals surface area contributed by atoms with Crippen LogP contribution in [0.1, 0.15) is 68.1 Å². The lowest BCUT2D eigenvalue weighted by molar-refractivity contribution is -0.129. The van der Waals surface area contributed by atoms with Crippen LogP contribution in [0.5, 0.6) is 0 Å². The van der Waals surface area contributed by atoms with Crippen LogP contribution in [0.2, 0.25) is 0 Å². The van der Waals surface area contributed by atoms with Gasteiger partial charge in [0.05, 0.1) is 0 Å². The minimum Gasteiger partial charge on any atom is -0.349 e. The van der Waals surface area contributed by atoms with E-state index in [1.807, 2.05) is 24.3 Å². The predicted octanol–water partition coefficient (Wildman–Crippen LogP) is 4.60. The van der Waals surface area contributed by atoms with Gasteiger partial charge in [-0.15, -0.1) is 0 Å². The van der Waals surface area contributed by atoms with Crippen LogP contribution >= 0.6 is 0 Å². The first-order valence-electron chi connectivity index (χ1n) is 11.8. The van der Waals surface area contributed by atoms with E-state index in [2.05, 4.69) is 5.32 Å². The molecule has 6 nitrogen and oxygen atoms in total. The maximum Gasteiger partial charge on any atom is 0.252 e. The molecule has 2 aromatic rings. The Bertz CT molecular complexity index is 1010. The van der Waals surface area contributed by atoms with E-state index in [1.165, 1.54) is 12.1 Å². The van der Waals surface area contributed by atoms with E-state index in [4.69, 9.17) is 5.21 Å². The van der Waals surface area contributed by atoms with Crippen LogP contribution < -0.4 is 10.8 Å². The molecular weight excluding hydrogens is 435 g/mol. The number of carbonyl (C=O) groups excluding carboxylic acids is 3. The second-order valence-electron chi connectivity index (χ2n) is 8.72. The first-order chi connectivity index (χ1) is 16.4. The molecule has 0 spiro atoms. The van der Waals surface area contributed by atoms with Crippen molar-refractivity contribution in [3.05, 3.63) is 71.0 Å². The Morgan fingerprint density at radius 1 is 0.912 bits per heavy atom. The molecule has 0 radical (unpaired) electrons. The number of nitrogens with one attached hydrogen (secondary N) is 2. The molecule has 1 saturated carbocycles. The van der Waals surface area contributed by atoms with Gasteiger partial charge in [0.2, 0.25) is 5.91 Å². The number of carbonyl (C=O) groups is 3. The standard InChI is InChI=1S/C27H31FN2O4/c28-22-13-11-21(12-14-22)25(27(33)29-23-15-16-23)18-20-9-7-19(8-10-20)17-24(31)5-3-1-2-4-6-26(32)30-34/h7-14,18,23,34H,1-6,15-17H2,(H,29,33)(H,30,32)/b25-18+. The number of unbranched alkanes of at least 4 members (excludes halogenated alkanes) is 3. The Hall–Kier alpha value is -3.32. The molecule has 7 heteroatoms. The number of hydrogen-bond donors (Lipinski definition) is 3. The lowest BCUT2D eigenvalue weighted by atomic mass is 9.99. The lowest BCUT2D eigenvalue weighted by Gasteiger charge is -2.09. The van der Waals surface area contributed by atoms with Crippen molar-refractivity contribution in [3.8, 4) is 0 Å². The Labute approximate surface area is 199 Å². The highest BCUT2D eigenvalue weighted by Gasteiger charge is 2.25. The molecule has 3 rings (SSSR count). The van der Waals surface area contributed by atoms with Crippen molar-refractivity contribution in [2.75, 3.05) is 0 Å². The smallest absolute Gasteiger partial charge is 0.252 e. The van der Waals surface area contributed by atoms with Crippen LogP contribution in [-0.2, 0) is 20.8 Å². The Kier molecular flexibility index (Phi) is 9.52. The minimum absolute atomic E-state index is 0.159. The highest BCUT2D eigenvalue weighted by Crippen LogP contribution is 2.24. The third-order valence-corrected chi connectivity index (χ3v) is 5.74. The number of ketones is 1. The van der Waals surface area contributed by atoms with Crippen molar-refractivity contribution in [3.63, 3.8) is 0 Å². The van der Waals surface area contributed by atoms with E-state index < -0.39 is 0 Å². The molecule has 0 atom stereocenters. The Morgan fingerprint density at radius 3 is 2.18 bits per heavy atom. The van der Waals surface area contributed by atoms with Gasteiger partial charge in [0.1, 0.15) is 11.6 Å². The molecular formula is C27H31FN2O4. The first-order valence-corrected chi connectivity index (χ1v) is 11.8. The van der Waals surface area contributed by atoms with Gasteiger partial charge < -0.3 is 5.32 Å². The summed E-state index contributed by atoms with van der Waals surface area (Å²) in [5, 5.41) is 11.4. The molecule has 0 aliphatic heterocycles. The maximum absolute atomic E-state index is 13.4. The summed E-state index contributed by atoms with van der Waals surface area (Å²) < 4.78 is 13.4. The fourth-order valence-corrected chi connectivity index (χ4v) is 3.63. The van der Waals surface area contributed by atoms with Gasteiger partial charge in [-0.3, -0.25) is 19.6 Å². The average Bonchev–Trinajstić information content (AvgIpc) is 3.65. The van der Waals surface area contributed by atoms with Crippen molar-refractivity contribution in [1.82, 2.24) is 10.8 Å². The third kappa shape index (κ3) is 8.56. The van der Waals surface area contributed by atoms with Gasteiger partial charge in [-0.05, 0) is 60.6 Å². The van der Waals surface area contributed by atoms with Crippen LogP contribution in [-0.4, -0.2) is 28.8 Å². The van der Waals surface area contributed by atoms with Gasteiger partial charge in [0.25, 0.3) is 5.91 Å². The molecule has 180 valence electrons. The summed E-state index contributed by atoms with van der Waals surface area (Å²) in [6, 6.07) is 13.6. The Morgan fingerprint density at radius 2 is 1.56 bits per heavy atom. The molecule has 0 bridgehead atoms. The zero-order valence-corrected chi connectivity index (χ0v) is 19.2. The number of rotatable bonds is 13. The summed E-state index contributed by atoms with van der Waals surface area (Å²) >= 11 is 0. The molecule has 0 heterocycles. The normalized spacial score (nSPS) is 13.4. The number of halogens is 1. The average molecular weight is 467 g/mol. The number of hydrogen-bond acceptors (Lipinski definition) is 4. The molecule has 34 heavy (non-hydrogen) atoms. The summed E-state index contributed by atoms with van der Waals surface area (Å²) in [4.78, 5) is 36.0. The quantitative estimate of drug-likeness (QED) is 0.132. The van der Waals surface area contributed by atoms with Gasteiger partial charge in [-0.25, -0.2) is 9.87 Å². The molecule has 2 amide bonds. The molecule has 0 aromatic heterocycles. The molecule has 3 N–H and O–H groups in total. The van der Waals surface area contributed by atoms with Crippen molar-refractivity contribution >= 4 is 29.2 Å². The number of amides is 2. The van der Waals surface area contributed by atoms with Crippen molar-refractivity contribution < 1.29 is 24.0 Å². The summed E-state index contributed by atoms with van der Waals surface area (Å²) in [6.45, 7) is 0. The van der Waals surface area contributed by atoms with E-state index >= 15 is 0 Å². The van der Waals surface area contributed by atoms with Gasteiger partial charge in [0.15, 0.2) is 0 Å². The number of hydroxylamine groups is 1. The largest absolute Gasteiger partial charge is 0.349 e. The maximum atomic E-state index is 13.4. The number of benzene rings is 2. The summed E-state index contributed by atoms with van der Waals surface area (Å²) in [6.07, 6.45) is 8.04. The molecule has 0 saturated heterocycles. The summed E-state index contributed by atoms with van der Waals surface area (Å²) in [7, 11) is 0. The highest BCUT2D eigenvalue weighted by molar-refractivity contribution is 6.24. The fourth-order valence-electron chi connectivity index (χ4n) is 3.63. The van der Waals surface area contributed by atoms with Crippen LogP contribution in [0.25, 0.3) is 11.6 Å². The van der Waals surface area contributed by atoms with E-state index in [9.17, 15) is 18.8 Å². The lowest BCUT2D eigenvalue weighted by Crippen LogP contribution is -2.26. The molecule has 0 unspecified atom stereocenters. The van der Waals surface area contributed by atoms with Crippen LogP contribution in [0.15, 0.2) is 48.5 Å². The monoisotopic (exact) mass is 466 g/mol. The van der Waals surface area contributed by atoms with E-state index in [-0.39, 0.29) is 35.9 Å². The van der Waals surface area contributed by atoms with Crippen LogP contribution in [0.4, 0.5) is 4.39 Å².